The van der Waals surface area contributed by atoms with Crippen LogP contribution < -0.4 is 9.47 Å². The van der Waals surface area contributed by atoms with Crippen LogP contribution in [0.25, 0.3) is 0 Å². The summed E-state index contributed by atoms with van der Waals surface area (Å²) in [6.45, 7) is 2.48. The average molecular weight is 368 g/mol. The molecule has 1 aromatic heterocycles. The normalized spacial score (nSPS) is 11.0. The lowest BCUT2D eigenvalue weighted by Gasteiger charge is -2.11. The third-order valence-corrected chi connectivity index (χ3v) is 4.05. The maximum Gasteiger partial charge on any atom is 0.216 e. The molecular weight excluding hydrogens is 348 g/mol. The maximum absolute atomic E-state index is 5.87. The number of rotatable bonds is 7. The summed E-state index contributed by atoms with van der Waals surface area (Å²) < 4.78 is 13.4. The monoisotopic (exact) mass is 368 g/mol. The molecule has 0 aliphatic heterocycles. The highest BCUT2D eigenvalue weighted by Crippen LogP contribution is 2.28. The Morgan fingerprint density at radius 2 is 2.00 bits per heavy atom. The van der Waals surface area contributed by atoms with E-state index in [0.29, 0.717) is 22.9 Å². The van der Waals surface area contributed by atoms with Crippen LogP contribution in [0.4, 0.5) is 0 Å². The molecule has 0 saturated heterocycles. The molecule has 0 saturated carbocycles. The van der Waals surface area contributed by atoms with Crippen LogP contribution in [0.2, 0.25) is 0 Å². The Morgan fingerprint density at radius 3 is 2.73 bits per heavy atom. The van der Waals surface area contributed by atoms with Crippen molar-refractivity contribution in [2.24, 2.45) is 5.10 Å². The van der Waals surface area contributed by atoms with Gasteiger partial charge in [-0.05, 0) is 41.5 Å². The van der Waals surface area contributed by atoms with E-state index < -0.39 is 0 Å². The molecule has 0 amide bonds. The zero-order valence-corrected chi connectivity index (χ0v) is 15.5. The molecule has 0 fully saturated rings. The van der Waals surface area contributed by atoms with E-state index in [1.165, 1.54) is 0 Å². The first-order chi connectivity index (χ1) is 12.7. The van der Waals surface area contributed by atoms with Gasteiger partial charge in [-0.25, -0.2) is 0 Å². The minimum Gasteiger partial charge on any atom is -0.493 e. The minimum absolute atomic E-state index is 0.466. The standard InChI is InChI=1S/C19H20N4O2S/c1-3-18-21-22-19(26)23(18)20-12-15-9-10-16(17(11-15)24-2)25-13-14-7-5-4-6-8-14/h4-12H,3,13H2,1-2H3,(H,22,26). The number of benzene rings is 2. The number of aryl methyl sites for hydroxylation is 1. The van der Waals surface area contributed by atoms with Crippen molar-refractivity contribution in [3.05, 3.63) is 70.3 Å². The number of aromatic amines is 1. The van der Waals surface area contributed by atoms with Gasteiger partial charge in [-0.2, -0.15) is 14.9 Å². The Bertz CT molecular complexity index is 948. The number of methoxy groups -OCH3 is 1. The fourth-order valence-corrected chi connectivity index (χ4v) is 2.61. The molecule has 1 N–H and O–H groups in total. The molecule has 0 atom stereocenters. The molecular formula is C19H20N4O2S. The summed E-state index contributed by atoms with van der Waals surface area (Å²) in [5, 5.41) is 11.3. The number of hydrogen-bond donors (Lipinski definition) is 1. The first-order valence-electron chi connectivity index (χ1n) is 8.26. The summed E-state index contributed by atoms with van der Waals surface area (Å²) in [6, 6.07) is 15.7. The van der Waals surface area contributed by atoms with E-state index in [1.54, 1.807) is 18.0 Å². The van der Waals surface area contributed by atoms with Gasteiger partial charge in [-0.15, -0.1) is 0 Å². The van der Waals surface area contributed by atoms with E-state index in [1.807, 2.05) is 55.5 Å². The molecule has 0 aliphatic rings. The molecule has 7 heteroatoms. The van der Waals surface area contributed by atoms with Crippen molar-refractivity contribution in [1.82, 2.24) is 14.9 Å². The third kappa shape index (κ3) is 4.18. The smallest absolute Gasteiger partial charge is 0.216 e. The van der Waals surface area contributed by atoms with E-state index in [-0.39, 0.29) is 0 Å². The Kier molecular flexibility index (Phi) is 5.80. The SMILES string of the molecule is CCc1n[nH]c(=S)n1N=Cc1ccc(OCc2ccccc2)c(OC)c1. The molecule has 0 aliphatic carbocycles. The van der Waals surface area contributed by atoms with Crippen LogP contribution in [0.3, 0.4) is 0 Å². The van der Waals surface area contributed by atoms with Crippen molar-refractivity contribution in [2.75, 3.05) is 7.11 Å². The van der Waals surface area contributed by atoms with Crippen LogP contribution in [-0.4, -0.2) is 28.2 Å². The average Bonchev–Trinajstić information content (AvgIpc) is 3.05. The van der Waals surface area contributed by atoms with E-state index in [4.69, 9.17) is 21.7 Å². The lowest BCUT2D eigenvalue weighted by Crippen LogP contribution is -1.99. The second-order valence-corrected chi connectivity index (χ2v) is 5.93. The summed E-state index contributed by atoms with van der Waals surface area (Å²) in [5.41, 5.74) is 1.97. The topological polar surface area (TPSA) is 64.4 Å². The molecule has 3 aromatic rings. The van der Waals surface area contributed by atoms with Crippen molar-refractivity contribution in [3.63, 3.8) is 0 Å². The molecule has 0 spiro atoms. The van der Waals surface area contributed by atoms with Crippen LogP contribution in [0, 0.1) is 4.77 Å². The summed E-state index contributed by atoms with van der Waals surface area (Å²) >= 11 is 5.19. The van der Waals surface area contributed by atoms with Crippen LogP contribution in [0.5, 0.6) is 11.5 Å². The van der Waals surface area contributed by atoms with Gasteiger partial charge >= 0.3 is 0 Å². The van der Waals surface area contributed by atoms with Gasteiger partial charge in [-0.1, -0.05) is 37.3 Å². The van der Waals surface area contributed by atoms with Crippen molar-refractivity contribution >= 4 is 18.4 Å². The molecule has 3 rings (SSSR count). The van der Waals surface area contributed by atoms with Gasteiger partial charge < -0.3 is 9.47 Å². The van der Waals surface area contributed by atoms with E-state index in [2.05, 4.69) is 15.3 Å². The highest BCUT2D eigenvalue weighted by Gasteiger charge is 2.06. The van der Waals surface area contributed by atoms with Gasteiger partial charge in [0, 0.05) is 6.42 Å². The fraction of sp³-hybridized carbons (Fsp3) is 0.211. The second-order valence-electron chi connectivity index (χ2n) is 5.54. The molecule has 0 unspecified atom stereocenters. The lowest BCUT2D eigenvalue weighted by molar-refractivity contribution is 0.284. The van der Waals surface area contributed by atoms with Gasteiger partial charge in [0.1, 0.15) is 6.61 Å². The number of nitrogens with zero attached hydrogens (tertiary/aromatic N) is 3. The van der Waals surface area contributed by atoms with Crippen molar-refractivity contribution in [1.29, 1.82) is 0 Å². The van der Waals surface area contributed by atoms with Crippen molar-refractivity contribution in [3.8, 4) is 11.5 Å². The molecule has 134 valence electrons. The second kappa shape index (κ2) is 8.44. The van der Waals surface area contributed by atoms with Crippen molar-refractivity contribution in [2.45, 2.75) is 20.0 Å². The first kappa shape index (κ1) is 17.9. The molecule has 26 heavy (non-hydrogen) atoms. The Labute approximate surface area is 157 Å². The molecule has 6 nitrogen and oxygen atoms in total. The highest BCUT2D eigenvalue weighted by molar-refractivity contribution is 7.71. The van der Waals surface area contributed by atoms with Crippen molar-refractivity contribution < 1.29 is 9.47 Å². The fourth-order valence-electron chi connectivity index (χ4n) is 2.42. The van der Waals surface area contributed by atoms with Gasteiger partial charge in [0.15, 0.2) is 17.3 Å². The highest BCUT2D eigenvalue weighted by atomic mass is 32.1. The zero-order chi connectivity index (χ0) is 18.4. The van der Waals surface area contributed by atoms with E-state index in [0.717, 1.165) is 23.4 Å². The molecule has 0 radical (unpaired) electrons. The molecule has 0 bridgehead atoms. The number of nitrogens with one attached hydrogen (secondary N) is 1. The zero-order valence-electron chi connectivity index (χ0n) is 14.7. The molecule has 1 heterocycles. The van der Waals surface area contributed by atoms with E-state index >= 15 is 0 Å². The lowest BCUT2D eigenvalue weighted by atomic mass is 10.2. The third-order valence-electron chi connectivity index (χ3n) is 3.78. The van der Waals surface area contributed by atoms with Gasteiger partial charge in [0.05, 0.1) is 13.3 Å². The number of ether oxygens (including phenoxy) is 2. The minimum atomic E-state index is 0.466. The molecule has 2 aromatic carbocycles. The summed E-state index contributed by atoms with van der Waals surface area (Å²) in [7, 11) is 1.62. The summed E-state index contributed by atoms with van der Waals surface area (Å²) in [6.07, 6.45) is 2.45. The van der Waals surface area contributed by atoms with E-state index in [9.17, 15) is 0 Å². The summed E-state index contributed by atoms with van der Waals surface area (Å²) in [5.74, 6) is 2.11. The Morgan fingerprint density at radius 1 is 1.19 bits per heavy atom. The number of aromatic nitrogens is 3. The van der Waals surface area contributed by atoms with Crippen LogP contribution in [0.15, 0.2) is 53.6 Å². The van der Waals surface area contributed by atoms with Gasteiger partial charge in [-0.3, -0.25) is 5.10 Å². The quantitative estimate of drug-likeness (QED) is 0.506. The van der Waals surface area contributed by atoms with Gasteiger partial charge in [0.2, 0.25) is 4.77 Å². The predicted molar refractivity (Wildman–Crippen MR) is 104 cm³/mol. The Balaban J connectivity index is 1.77. The summed E-state index contributed by atoms with van der Waals surface area (Å²) in [4.78, 5) is 0. The number of hydrogen-bond acceptors (Lipinski definition) is 5. The predicted octanol–water partition coefficient (Wildman–Crippen LogP) is 3.97. The van der Waals surface area contributed by atoms with Crippen LogP contribution in [0.1, 0.15) is 23.9 Å². The maximum atomic E-state index is 5.87. The Hall–Kier alpha value is -2.93. The van der Waals surface area contributed by atoms with Crippen LogP contribution >= 0.6 is 12.2 Å². The van der Waals surface area contributed by atoms with Gasteiger partial charge in [0.25, 0.3) is 0 Å². The van der Waals surface area contributed by atoms with Crippen LogP contribution in [-0.2, 0) is 13.0 Å². The first-order valence-corrected chi connectivity index (χ1v) is 8.67. The largest absolute Gasteiger partial charge is 0.493 e. The number of H-pyrrole nitrogens is 1.